The highest BCUT2D eigenvalue weighted by molar-refractivity contribution is 6.31. The summed E-state index contributed by atoms with van der Waals surface area (Å²) in [7, 11) is 0. The highest BCUT2D eigenvalue weighted by Crippen LogP contribution is 2.34. The third-order valence-electron chi connectivity index (χ3n) is 2.85. The van der Waals surface area contributed by atoms with Crippen LogP contribution in [0.3, 0.4) is 0 Å². The maximum atomic E-state index is 10.9. The van der Waals surface area contributed by atoms with Crippen LogP contribution in [0.2, 0.25) is 5.02 Å². The number of benzene rings is 1. The first kappa shape index (κ1) is 11.1. The van der Waals surface area contributed by atoms with Crippen molar-refractivity contribution in [3.8, 4) is 11.4 Å². The molecule has 5 nitrogen and oxygen atoms in total. The van der Waals surface area contributed by atoms with Gasteiger partial charge in [-0.15, -0.1) is 0 Å². The second-order valence-electron chi connectivity index (χ2n) is 4.08. The molecule has 1 aliphatic rings. The van der Waals surface area contributed by atoms with Crippen LogP contribution in [-0.2, 0) is 6.61 Å². The van der Waals surface area contributed by atoms with Crippen LogP contribution >= 0.6 is 11.6 Å². The molecule has 18 heavy (non-hydrogen) atoms. The molecule has 92 valence electrons. The molecule has 0 spiro atoms. The number of aromatic nitrogens is 2. The smallest absolute Gasteiger partial charge is 0.356 e. The van der Waals surface area contributed by atoms with Crippen molar-refractivity contribution in [2.45, 2.75) is 13.5 Å². The van der Waals surface area contributed by atoms with Crippen molar-refractivity contribution in [1.82, 2.24) is 9.55 Å². The number of imidazole rings is 1. The fourth-order valence-electron chi connectivity index (χ4n) is 1.92. The lowest BCUT2D eigenvalue weighted by Crippen LogP contribution is -2.12. The molecule has 2 aromatic rings. The minimum Gasteiger partial charge on any atom is -0.483 e. The number of carbonyl (C=O) groups is 1. The molecule has 0 fully saturated rings. The van der Waals surface area contributed by atoms with Crippen molar-refractivity contribution >= 4 is 17.6 Å². The number of halogens is 1. The largest absolute Gasteiger partial charge is 0.483 e. The van der Waals surface area contributed by atoms with Crippen LogP contribution < -0.4 is 4.74 Å². The second kappa shape index (κ2) is 3.74. The molecule has 3 rings (SSSR count). The zero-order valence-corrected chi connectivity index (χ0v) is 10.2. The van der Waals surface area contributed by atoms with E-state index in [0.29, 0.717) is 22.3 Å². The average molecular weight is 265 g/mol. The summed E-state index contributed by atoms with van der Waals surface area (Å²) in [6.45, 7) is 2.14. The van der Waals surface area contributed by atoms with Gasteiger partial charge in [0, 0.05) is 11.2 Å². The van der Waals surface area contributed by atoms with E-state index in [9.17, 15) is 4.79 Å². The van der Waals surface area contributed by atoms with Crippen LogP contribution in [0.1, 0.15) is 21.9 Å². The van der Waals surface area contributed by atoms with E-state index in [1.54, 1.807) is 10.6 Å². The van der Waals surface area contributed by atoms with Gasteiger partial charge < -0.3 is 9.84 Å². The van der Waals surface area contributed by atoms with Crippen LogP contribution in [0.15, 0.2) is 18.3 Å². The van der Waals surface area contributed by atoms with Crippen molar-refractivity contribution in [2.24, 2.45) is 0 Å². The van der Waals surface area contributed by atoms with Gasteiger partial charge in [0.1, 0.15) is 12.4 Å². The fraction of sp³-hybridized carbons (Fsp3) is 0.167. The zero-order valence-electron chi connectivity index (χ0n) is 9.48. The molecule has 0 amide bonds. The summed E-state index contributed by atoms with van der Waals surface area (Å²) in [5, 5.41) is 9.55. The van der Waals surface area contributed by atoms with E-state index in [1.165, 1.54) is 6.20 Å². The lowest BCUT2D eigenvalue weighted by atomic mass is 10.2. The average Bonchev–Trinajstić information content (AvgIpc) is 2.75. The van der Waals surface area contributed by atoms with Crippen molar-refractivity contribution in [3.63, 3.8) is 0 Å². The highest BCUT2D eigenvalue weighted by atomic mass is 35.5. The van der Waals surface area contributed by atoms with Crippen LogP contribution in [0.5, 0.6) is 5.75 Å². The predicted molar refractivity (Wildman–Crippen MR) is 64.6 cm³/mol. The maximum absolute atomic E-state index is 10.9. The Kier molecular flexibility index (Phi) is 2.31. The first-order valence-corrected chi connectivity index (χ1v) is 5.69. The standard InChI is InChI=1S/C12H9ClN2O3/c1-6-2-10-9(3-7(6)13)15-4-8(12(16)17)14-11(15)5-18-10/h2-4H,5H2,1H3,(H,16,17). The molecule has 0 saturated heterocycles. The van der Waals surface area contributed by atoms with Crippen molar-refractivity contribution < 1.29 is 14.6 Å². The van der Waals surface area contributed by atoms with Crippen LogP contribution in [0, 0.1) is 6.92 Å². The topological polar surface area (TPSA) is 64.4 Å². The van der Waals surface area contributed by atoms with E-state index in [4.69, 9.17) is 21.4 Å². The van der Waals surface area contributed by atoms with Crippen molar-refractivity contribution in [3.05, 3.63) is 40.4 Å². The lowest BCUT2D eigenvalue weighted by molar-refractivity contribution is 0.0691. The lowest BCUT2D eigenvalue weighted by Gasteiger charge is -2.20. The summed E-state index contributed by atoms with van der Waals surface area (Å²) in [5.74, 6) is 0.176. The minimum absolute atomic E-state index is 0.00172. The number of hydrogen-bond acceptors (Lipinski definition) is 3. The van der Waals surface area contributed by atoms with E-state index in [1.807, 2.05) is 13.0 Å². The SMILES string of the molecule is Cc1cc2c(cc1Cl)-n1cc(C(=O)O)nc1CO2. The number of rotatable bonds is 1. The Morgan fingerprint density at radius 2 is 2.33 bits per heavy atom. The molecule has 1 aromatic heterocycles. The predicted octanol–water partition coefficient (Wildman–Crippen LogP) is 2.42. The van der Waals surface area contributed by atoms with Gasteiger partial charge in [-0.25, -0.2) is 9.78 Å². The maximum Gasteiger partial charge on any atom is 0.356 e. The number of aromatic carboxylic acids is 1. The third kappa shape index (κ3) is 1.55. The van der Waals surface area contributed by atoms with Crippen molar-refractivity contribution in [1.29, 1.82) is 0 Å². The zero-order chi connectivity index (χ0) is 12.9. The summed E-state index contributed by atoms with van der Waals surface area (Å²) < 4.78 is 7.25. The summed E-state index contributed by atoms with van der Waals surface area (Å²) in [6, 6.07) is 3.59. The van der Waals surface area contributed by atoms with Gasteiger partial charge >= 0.3 is 5.97 Å². The Labute approximate surface area is 108 Å². The first-order valence-electron chi connectivity index (χ1n) is 5.31. The summed E-state index contributed by atoms with van der Waals surface area (Å²) in [6.07, 6.45) is 1.48. The van der Waals surface area contributed by atoms with Gasteiger partial charge in [-0.2, -0.15) is 0 Å². The molecule has 1 N–H and O–H groups in total. The molecule has 0 unspecified atom stereocenters. The molecule has 0 saturated carbocycles. The number of hydrogen-bond donors (Lipinski definition) is 1. The van der Waals surface area contributed by atoms with Crippen LogP contribution in [-0.4, -0.2) is 20.6 Å². The van der Waals surface area contributed by atoms with Gasteiger partial charge in [-0.05, 0) is 24.6 Å². The van der Waals surface area contributed by atoms with E-state index >= 15 is 0 Å². The number of nitrogens with zero attached hydrogens (tertiary/aromatic N) is 2. The Bertz CT molecular complexity index is 664. The van der Waals surface area contributed by atoms with Gasteiger partial charge in [0.25, 0.3) is 0 Å². The Hall–Kier alpha value is -2.01. The summed E-state index contributed by atoms with van der Waals surface area (Å²) in [5.41, 5.74) is 1.63. The molecule has 6 heteroatoms. The van der Waals surface area contributed by atoms with Gasteiger partial charge in [-0.3, -0.25) is 4.57 Å². The molecule has 0 atom stereocenters. The van der Waals surface area contributed by atoms with E-state index in [-0.39, 0.29) is 12.3 Å². The monoisotopic (exact) mass is 264 g/mol. The van der Waals surface area contributed by atoms with Gasteiger partial charge in [0.15, 0.2) is 11.5 Å². The van der Waals surface area contributed by atoms with Crippen molar-refractivity contribution in [2.75, 3.05) is 0 Å². The van der Waals surface area contributed by atoms with E-state index < -0.39 is 5.97 Å². The number of carboxylic acid groups (broad SMARTS) is 1. The molecular weight excluding hydrogens is 256 g/mol. The molecule has 1 aromatic carbocycles. The van der Waals surface area contributed by atoms with Gasteiger partial charge in [0.2, 0.25) is 0 Å². The highest BCUT2D eigenvalue weighted by Gasteiger charge is 2.22. The summed E-state index contributed by atoms with van der Waals surface area (Å²) >= 11 is 6.08. The first-order chi connectivity index (χ1) is 8.56. The Morgan fingerprint density at radius 1 is 1.56 bits per heavy atom. The summed E-state index contributed by atoms with van der Waals surface area (Å²) in [4.78, 5) is 14.9. The van der Waals surface area contributed by atoms with Crippen LogP contribution in [0.25, 0.3) is 5.69 Å². The minimum atomic E-state index is -1.06. The third-order valence-corrected chi connectivity index (χ3v) is 3.26. The number of aryl methyl sites for hydroxylation is 1. The van der Waals surface area contributed by atoms with E-state index in [2.05, 4.69) is 4.98 Å². The molecule has 0 bridgehead atoms. The molecule has 0 aliphatic carbocycles. The Balaban J connectivity index is 2.21. The van der Waals surface area contributed by atoms with Crippen LogP contribution in [0.4, 0.5) is 0 Å². The number of fused-ring (bicyclic) bond motifs is 3. The number of carboxylic acids is 1. The number of ether oxygens (including phenoxy) is 1. The quantitative estimate of drug-likeness (QED) is 0.859. The molecular formula is C12H9ClN2O3. The van der Waals surface area contributed by atoms with Gasteiger partial charge in [0.05, 0.1) is 5.69 Å². The second-order valence-corrected chi connectivity index (χ2v) is 4.48. The molecule has 0 radical (unpaired) electrons. The Morgan fingerprint density at radius 3 is 3.06 bits per heavy atom. The molecule has 1 aliphatic heterocycles. The fourth-order valence-corrected chi connectivity index (χ4v) is 2.08. The van der Waals surface area contributed by atoms with E-state index in [0.717, 1.165) is 5.56 Å². The van der Waals surface area contributed by atoms with Gasteiger partial charge in [-0.1, -0.05) is 11.6 Å². The normalized spacial score (nSPS) is 12.6. The molecule has 2 heterocycles.